The van der Waals surface area contributed by atoms with Crippen LogP contribution in [0.5, 0.6) is 0 Å². The maximum absolute atomic E-state index is 12.9. The van der Waals surface area contributed by atoms with Crippen LogP contribution in [0, 0.1) is 0 Å². The topological polar surface area (TPSA) is 163 Å². The highest BCUT2D eigenvalue weighted by atomic mass is 16.6. The number of alkyl carbamates (subject to hydrolysis) is 1. The number of benzene rings is 1. The fourth-order valence-corrected chi connectivity index (χ4v) is 4.33. The third-order valence-corrected chi connectivity index (χ3v) is 6.14. The molecule has 1 fully saturated rings. The summed E-state index contributed by atoms with van der Waals surface area (Å²) >= 11 is 0. The van der Waals surface area contributed by atoms with Gasteiger partial charge in [-0.1, -0.05) is 12.1 Å². The number of hydrogen-bond acceptors (Lipinski definition) is 8. The Kier molecular flexibility index (Phi) is 7.87. The molecule has 0 saturated heterocycles. The van der Waals surface area contributed by atoms with Crippen molar-refractivity contribution in [2.75, 3.05) is 10.6 Å². The number of aliphatic hydroxyl groups is 1. The van der Waals surface area contributed by atoms with E-state index < -0.39 is 18.2 Å². The zero-order chi connectivity index (χ0) is 26.5. The van der Waals surface area contributed by atoms with Crippen LogP contribution in [0.15, 0.2) is 36.4 Å². The number of H-pyrrole nitrogens is 1. The number of carbonyl (C=O) groups is 3. The Morgan fingerprint density at radius 3 is 2.78 bits per heavy atom. The van der Waals surface area contributed by atoms with Crippen LogP contribution in [-0.4, -0.2) is 55.5 Å². The lowest BCUT2D eigenvalue weighted by atomic mass is 10.0. The minimum absolute atomic E-state index is 0.0118. The van der Waals surface area contributed by atoms with Crippen LogP contribution in [0.4, 0.5) is 16.3 Å². The number of hydrogen-bond donors (Lipinski definition) is 5. The minimum atomic E-state index is -1.23. The Morgan fingerprint density at radius 1 is 1.24 bits per heavy atom. The number of aldehydes is 1. The van der Waals surface area contributed by atoms with Gasteiger partial charge < -0.3 is 25.8 Å². The summed E-state index contributed by atoms with van der Waals surface area (Å²) in [7, 11) is 1.59. The Bertz CT molecular complexity index is 1270. The smallest absolute Gasteiger partial charge is 0.407 e. The number of aromatic nitrogens is 4. The number of anilines is 2. The monoisotopic (exact) mass is 509 g/mol. The van der Waals surface area contributed by atoms with Crippen LogP contribution in [0.3, 0.4) is 0 Å². The Morgan fingerprint density at radius 2 is 2.03 bits per heavy atom. The van der Waals surface area contributed by atoms with Gasteiger partial charge in [-0.3, -0.25) is 19.4 Å². The van der Waals surface area contributed by atoms with E-state index in [4.69, 9.17) is 4.74 Å². The number of nitrogens with one attached hydrogen (secondary N) is 4. The molecule has 0 spiro atoms. The first-order valence-electron chi connectivity index (χ1n) is 12.1. The summed E-state index contributed by atoms with van der Waals surface area (Å²) in [6, 6.07) is 9.99. The highest BCUT2D eigenvalue weighted by Gasteiger charge is 2.30. The fraction of sp³-hybridized carbons (Fsp3) is 0.400. The molecule has 4 rings (SSSR count). The average molecular weight is 510 g/mol. The lowest BCUT2D eigenvalue weighted by Crippen LogP contribution is -2.33. The standard InChI is InChI=1S/C25H31N7O5/c1-14(2)26-25(36)37-17-9-8-15(10-17)19-12-22(30-29-19)28-24(35)21-11-20(31-32(21)3)23(34)27-18-7-5-4-6-16(18)13-33/h4-7,11-15,17,23,27,34H,8-10H2,1-3H3,(H,26,36)(H2,28,29,30,35)/t15-,17+,23?/m0/s1. The number of ether oxygens (including phenoxy) is 1. The molecule has 2 heterocycles. The van der Waals surface area contributed by atoms with Crippen molar-refractivity contribution in [2.45, 2.75) is 57.4 Å². The van der Waals surface area contributed by atoms with Crippen molar-refractivity contribution in [1.82, 2.24) is 25.3 Å². The van der Waals surface area contributed by atoms with Gasteiger partial charge in [0, 0.05) is 42.0 Å². The predicted octanol–water partition coefficient (Wildman–Crippen LogP) is 3.08. The molecule has 0 bridgehead atoms. The lowest BCUT2D eigenvalue weighted by molar-refractivity contribution is 0.0979. The van der Waals surface area contributed by atoms with E-state index >= 15 is 0 Å². The van der Waals surface area contributed by atoms with E-state index in [1.54, 1.807) is 37.4 Å². The number of carbonyl (C=O) groups excluding carboxylic acids is 3. The molecule has 1 aliphatic carbocycles. The van der Waals surface area contributed by atoms with Gasteiger partial charge in [0.25, 0.3) is 5.91 Å². The molecular formula is C25H31N7O5. The third kappa shape index (κ3) is 6.33. The van der Waals surface area contributed by atoms with Crippen molar-refractivity contribution < 1.29 is 24.2 Å². The van der Waals surface area contributed by atoms with Crippen LogP contribution in [0.25, 0.3) is 0 Å². The Labute approximate surface area is 213 Å². The van der Waals surface area contributed by atoms with Crippen molar-refractivity contribution >= 4 is 29.8 Å². The minimum Gasteiger partial charge on any atom is -0.446 e. The number of aromatic amines is 1. The highest BCUT2D eigenvalue weighted by Crippen LogP contribution is 2.36. The summed E-state index contributed by atoms with van der Waals surface area (Å²) in [5.41, 5.74) is 2.13. The molecule has 1 saturated carbocycles. The van der Waals surface area contributed by atoms with Crippen molar-refractivity contribution in [3.63, 3.8) is 0 Å². The van der Waals surface area contributed by atoms with Crippen molar-refractivity contribution in [1.29, 1.82) is 0 Å². The van der Waals surface area contributed by atoms with Gasteiger partial charge in [0.15, 0.2) is 18.3 Å². The Hall–Kier alpha value is -4.19. The second-order valence-electron chi connectivity index (χ2n) is 9.33. The molecule has 12 nitrogen and oxygen atoms in total. The van der Waals surface area contributed by atoms with E-state index in [1.165, 1.54) is 10.7 Å². The van der Waals surface area contributed by atoms with Gasteiger partial charge in [0.2, 0.25) is 0 Å². The SMILES string of the molecule is CC(C)NC(=O)O[C@@H]1CC[C@H](c2cc(NC(=O)c3cc(C(O)Nc4ccccc4C=O)nn3C)n[nH]2)C1. The van der Waals surface area contributed by atoms with Crippen LogP contribution < -0.4 is 16.0 Å². The average Bonchev–Trinajstić information content (AvgIpc) is 3.59. The molecule has 2 amide bonds. The number of amides is 2. The van der Waals surface area contributed by atoms with Crippen LogP contribution in [0.2, 0.25) is 0 Å². The van der Waals surface area contributed by atoms with Crippen LogP contribution >= 0.6 is 0 Å². The zero-order valence-electron chi connectivity index (χ0n) is 20.9. The molecule has 1 aromatic carbocycles. The summed E-state index contributed by atoms with van der Waals surface area (Å²) in [6.45, 7) is 3.75. The van der Waals surface area contributed by atoms with E-state index in [0.29, 0.717) is 29.8 Å². The lowest BCUT2D eigenvalue weighted by Gasteiger charge is -2.14. The molecule has 1 unspecified atom stereocenters. The summed E-state index contributed by atoms with van der Waals surface area (Å²) in [5, 5.41) is 30.2. The fourth-order valence-electron chi connectivity index (χ4n) is 4.33. The van der Waals surface area contributed by atoms with Gasteiger partial charge in [-0.05, 0) is 51.3 Å². The highest BCUT2D eigenvalue weighted by molar-refractivity contribution is 6.02. The summed E-state index contributed by atoms with van der Waals surface area (Å²) in [5.74, 6) is 0.0369. The quantitative estimate of drug-likeness (QED) is 0.217. The molecule has 0 aliphatic heterocycles. The molecule has 5 N–H and O–H groups in total. The maximum atomic E-state index is 12.9. The van der Waals surface area contributed by atoms with Crippen molar-refractivity contribution in [3.05, 3.63) is 59.0 Å². The number of aryl methyl sites for hydroxylation is 1. The molecule has 196 valence electrons. The number of para-hydroxylation sites is 1. The van der Waals surface area contributed by atoms with Gasteiger partial charge in [-0.25, -0.2) is 4.79 Å². The van der Waals surface area contributed by atoms with E-state index in [1.807, 2.05) is 13.8 Å². The normalized spacial score (nSPS) is 17.9. The number of aliphatic hydroxyl groups excluding tert-OH is 1. The third-order valence-electron chi connectivity index (χ3n) is 6.14. The number of nitrogens with zero attached hydrogens (tertiary/aromatic N) is 3. The van der Waals surface area contributed by atoms with E-state index in [2.05, 4.69) is 31.2 Å². The van der Waals surface area contributed by atoms with Crippen molar-refractivity contribution in [2.24, 2.45) is 7.05 Å². The number of rotatable bonds is 9. The second kappa shape index (κ2) is 11.2. The van der Waals surface area contributed by atoms with E-state index in [-0.39, 0.29) is 29.5 Å². The van der Waals surface area contributed by atoms with Gasteiger partial charge in [0.1, 0.15) is 17.5 Å². The molecule has 12 heteroatoms. The molecule has 0 radical (unpaired) electrons. The first-order chi connectivity index (χ1) is 17.7. The van der Waals surface area contributed by atoms with Gasteiger partial charge in [0.05, 0.1) is 0 Å². The first kappa shape index (κ1) is 25.9. The first-order valence-corrected chi connectivity index (χ1v) is 12.1. The summed E-state index contributed by atoms with van der Waals surface area (Å²) in [6.07, 6.45) is 1.13. The van der Waals surface area contributed by atoms with E-state index in [9.17, 15) is 19.5 Å². The maximum Gasteiger partial charge on any atom is 0.407 e. The molecule has 2 aromatic heterocycles. The van der Waals surface area contributed by atoms with Crippen LogP contribution in [-0.2, 0) is 11.8 Å². The van der Waals surface area contributed by atoms with Gasteiger partial charge in [-0.2, -0.15) is 10.2 Å². The molecule has 1 aliphatic rings. The molecule has 37 heavy (non-hydrogen) atoms. The zero-order valence-corrected chi connectivity index (χ0v) is 20.9. The van der Waals surface area contributed by atoms with Gasteiger partial charge >= 0.3 is 6.09 Å². The van der Waals surface area contributed by atoms with Gasteiger partial charge in [-0.15, -0.1) is 0 Å². The largest absolute Gasteiger partial charge is 0.446 e. The van der Waals surface area contributed by atoms with E-state index in [0.717, 1.165) is 18.5 Å². The van der Waals surface area contributed by atoms with Crippen molar-refractivity contribution in [3.8, 4) is 0 Å². The molecule has 3 aromatic rings. The van der Waals surface area contributed by atoms with Crippen LogP contribution in [0.1, 0.15) is 77.5 Å². The molecule has 3 atom stereocenters. The summed E-state index contributed by atoms with van der Waals surface area (Å²) in [4.78, 5) is 36.0. The Balaban J connectivity index is 1.35. The summed E-state index contributed by atoms with van der Waals surface area (Å²) < 4.78 is 6.84. The second-order valence-corrected chi connectivity index (χ2v) is 9.33. The molecular weight excluding hydrogens is 478 g/mol. The predicted molar refractivity (Wildman–Crippen MR) is 135 cm³/mol.